The highest BCUT2D eigenvalue weighted by Crippen LogP contribution is 2.33. The van der Waals surface area contributed by atoms with Crippen molar-refractivity contribution in [2.75, 3.05) is 23.7 Å². The van der Waals surface area contributed by atoms with Gasteiger partial charge in [-0.25, -0.2) is 0 Å². The molecule has 1 heterocycles. The maximum absolute atomic E-state index is 6.25. The number of hydrogen-bond donors (Lipinski definition) is 1. The number of rotatable bonds is 5. The van der Waals surface area contributed by atoms with Crippen molar-refractivity contribution in [3.63, 3.8) is 0 Å². The average Bonchev–Trinajstić information content (AvgIpc) is 2.43. The van der Waals surface area contributed by atoms with Crippen molar-refractivity contribution in [3.8, 4) is 0 Å². The lowest BCUT2D eigenvalue weighted by Crippen LogP contribution is -2.45. The van der Waals surface area contributed by atoms with Gasteiger partial charge in [0.25, 0.3) is 0 Å². The normalized spacial score (nSPS) is 22.9. The lowest BCUT2D eigenvalue weighted by Gasteiger charge is -2.40. The van der Waals surface area contributed by atoms with Crippen molar-refractivity contribution in [2.45, 2.75) is 45.5 Å². The number of benzene rings is 1. The molecule has 1 aromatic carbocycles. The van der Waals surface area contributed by atoms with Crippen LogP contribution in [0.5, 0.6) is 0 Å². The summed E-state index contributed by atoms with van der Waals surface area (Å²) in [4.78, 5) is 2.53. The molecule has 0 aromatic heterocycles. The van der Waals surface area contributed by atoms with Gasteiger partial charge in [-0.2, -0.15) is 11.8 Å². The summed E-state index contributed by atoms with van der Waals surface area (Å²) in [7, 11) is 0. The second kappa shape index (κ2) is 7.75. The Morgan fingerprint density at radius 3 is 2.86 bits per heavy atom. The van der Waals surface area contributed by atoms with Crippen molar-refractivity contribution in [3.05, 3.63) is 28.8 Å². The maximum Gasteiger partial charge on any atom is 0.0429 e. The third-order valence-corrected chi connectivity index (χ3v) is 5.68. The van der Waals surface area contributed by atoms with Crippen molar-refractivity contribution < 1.29 is 0 Å². The molecule has 1 aliphatic rings. The largest absolute Gasteiger partial charge is 0.367 e. The molecule has 1 aliphatic heterocycles. The van der Waals surface area contributed by atoms with Gasteiger partial charge in [-0.05, 0) is 37.1 Å². The van der Waals surface area contributed by atoms with Crippen LogP contribution in [-0.2, 0) is 6.54 Å². The first kappa shape index (κ1) is 17.0. The van der Waals surface area contributed by atoms with Gasteiger partial charge < -0.3 is 10.2 Å². The summed E-state index contributed by atoms with van der Waals surface area (Å²) in [5, 5.41) is 5.04. The number of anilines is 1. The van der Waals surface area contributed by atoms with Crippen molar-refractivity contribution >= 4 is 29.1 Å². The molecule has 4 heteroatoms. The molecule has 2 unspecified atom stereocenters. The van der Waals surface area contributed by atoms with Crippen LogP contribution in [0, 0.1) is 5.92 Å². The summed E-state index contributed by atoms with van der Waals surface area (Å²) in [6.45, 7) is 12.2. The Bertz CT molecular complexity index is 464. The molecule has 118 valence electrons. The fourth-order valence-corrected chi connectivity index (χ4v) is 3.99. The van der Waals surface area contributed by atoms with Gasteiger partial charge in [0.05, 0.1) is 0 Å². The Kier molecular flexibility index (Phi) is 6.27. The van der Waals surface area contributed by atoms with Crippen LogP contribution in [-0.4, -0.2) is 30.1 Å². The SMILES string of the molecule is CC(C)CNCc1ccc(Cl)cc1N1CCSC(C)C1C. The third-order valence-electron chi connectivity index (χ3n) is 4.11. The van der Waals surface area contributed by atoms with E-state index in [4.69, 9.17) is 11.6 Å². The van der Waals surface area contributed by atoms with Crippen LogP contribution in [0.4, 0.5) is 5.69 Å². The number of nitrogens with zero attached hydrogens (tertiary/aromatic N) is 1. The van der Waals surface area contributed by atoms with E-state index in [2.05, 4.69) is 61.8 Å². The number of halogens is 1. The van der Waals surface area contributed by atoms with Crippen LogP contribution in [0.3, 0.4) is 0 Å². The second-order valence-electron chi connectivity index (χ2n) is 6.31. The highest BCUT2D eigenvalue weighted by atomic mass is 35.5. The first-order valence-corrected chi connectivity index (χ1v) is 9.29. The van der Waals surface area contributed by atoms with Crippen LogP contribution in [0.1, 0.15) is 33.3 Å². The van der Waals surface area contributed by atoms with Gasteiger partial charge in [-0.1, -0.05) is 38.4 Å². The van der Waals surface area contributed by atoms with Crippen LogP contribution in [0.25, 0.3) is 0 Å². The molecule has 0 amide bonds. The zero-order valence-electron chi connectivity index (χ0n) is 13.5. The van der Waals surface area contributed by atoms with Crippen molar-refractivity contribution in [2.24, 2.45) is 5.92 Å². The van der Waals surface area contributed by atoms with Crippen LogP contribution in [0.2, 0.25) is 5.02 Å². The quantitative estimate of drug-likeness (QED) is 0.862. The minimum atomic E-state index is 0.547. The zero-order chi connectivity index (χ0) is 15.4. The molecule has 0 radical (unpaired) electrons. The summed E-state index contributed by atoms with van der Waals surface area (Å²) >= 11 is 8.32. The number of nitrogens with one attached hydrogen (secondary N) is 1. The Balaban J connectivity index is 2.18. The molecule has 1 fully saturated rings. The molecule has 21 heavy (non-hydrogen) atoms. The summed E-state index contributed by atoms with van der Waals surface area (Å²) < 4.78 is 0. The van der Waals surface area contributed by atoms with E-state index in [9.17, 15) is 0 Å². The molecule has 2 rings (SSSR count). The van der Waals surface area contributed by atoms with Gasteiger partial charge in [-0.3, -0.25) is 0 Å². The van der Waals surface area contributed by atoms with Crippen molar-refractivity contribution in [1.29, 1.82) is 0 Å². The third kappa shape index (κ3) is 4.54. The molecule has 1 aromatic rings. The minimum absolute atomic E-state index is 0.547. The predicted molar refractivity (Wildman–Crippen MR) is 96.7 cm³/mol. The van der Waals surface area contributed by atoms with Gasteiger partial charge in [-0.15, -0.1) is 0 Å². The molecular weight excluding hydrogens is 300 g/mol. The number of hydrogen-bond acceptors (Lipinski definition) is 3. The number of thioether (sulfide) groups is 1. The van der Waals surface area contributed by atoms with Gasteiger partial charge in [0, 0.05) is 40.8 Å². The topological polar surface area (TPSA) is 15.3 Å². The minimum Gasteiger partial charge on any atom is -0.367 e. The standard InChI is InChI=1S/C17H27ClN2S/c1-12(2)10-19-11-15-5-6-16(18)9-17(15)20-7-8-21-14(4)13(20)3/h5-6,9,12-14,19H,7-8,10-11H2,1-4H3. The van der Waals surface area contributed by atoms with Crippen LogP contribution >= 0.6 is 23.4 Å². The lowest BCUT2D eigenvalue weighted by molar-refractivity contribution is 0.550. The van der Waals surface area contributed by atoms with E-state index < -0.39 is 0 Å². The van der Waals surface area contributed by atoms with Gasteiger partial charge >= 0.3 is 0 Å². The molecule has 0 saturated carbocycles. The first-order valence-electron chi connectivity index (χ1n) is 7.86. The first-order chi connectivity index (χ1) is 9.99. The maximum atomic E-state index is 6.25. The Labute approximate surface area is 138 Å². The highest BCUT2D eigenvalue weighted by Gasteiger charge is 2.26. The van der Waals surface area contributed by atoms with E-state index in [1.807, 2.05) is 6.07 Å². The smallest absolute Gasteiger partial charge is 0.0429 e. The van der Waals surface area contributed by atoms with E-state index in [0.29, 0.717) is 17.2 Å². The van der Waals surface area contributed by atoms with E-state index in [0.717, 1.165) is 24.7 Å². The molecule has 2 nitrogen and oxygen atoms in total. The zero-order valence-corrected chi connectivity index (χ0v) is 15.1. The molecule has 0 aliphatic carbocycles. The molecule has 0 bridgehead atoms. The van der Waals surface area contributed by atoms with Gasteiger partial charge in [0.15, 0.2) is 0 Å². The predicted octanol–water partition coefficient (Wildman–Crippen LogP) is 4.42. The molecule has 1 N–H and O–H groups in total. The van der Waals surface area contributed by atoms with Gasteiger partial charge in [0.2, 0.25) is 0 Å². The fraction of sp³-hybridized carbons (Fsp3) is 0.647. The van der Waals surface area contributed by atoms with Crippen LogP contribution in [0.15, 0.2) is 18.2 Å². The summed E-state index contributed by atoms with van der Waals surface area (Å²) in [5.74, 6) is 1.86. The summed E-state index contributed by atoms with van der Waals surface area (Å²) in [6, 6.07) is 6.85. The van der Waals surface area contributed by atoms with Gasteiger partial charge in [0.1, 0.15) is 0 Å². The molecule has 0 spiro atoms. The fourth-order valence-electron chi connectivity index (χ4n) is 2.72. The Hall–Kier alpha value is -0.380. The monoisotopic (exact) mass is 326 g/mol. The van der Waals surface area contributed by atoms with Crippen molar-refractivity contribution in [1.82, 2.24) is 5.32 Å². The van der Waals surface area contributed by atoms with E-state index in [-0.39, 0.29) is 0 Å². The highest BCUT2D eigenvalue weighted by molar-refractivity contribution is 8.00. The second-order valence-corrected chi connectivity index (χ2v) is 8.23. The van der Waals surface area contributed by atoms with Crippen LogP contribution < -0.4 is 10.2 Å². The molecule has 1 saturated heterocycles. The summed E-state index contributed by atoms with van der Waals surface area (Å²) in [6.07, 6.45) is 0. The Morgan fingerprint density at radius 2 is 2.14 bits per heavy atom. The van der Waals surface area contributed by atoms with E-state index in [1.165, 1.54) is 17.0 Å². The Morgan fingerprint density at radius 1 is 1.38 bits per heavy atom. The molecule has 2 atom stereocenters. The van der Waals surface area contributed by atoms with E-state index in [1.54, 1.807) is 0 Å². The molecular formula is C17H27ClN2S. The summed E-state index contributed by atoms with van der Waals surface area (Å²) in [5.41, 5.74) is 2.66. The van der Waals surface area contributed by atoms with E-state index >= 15 is 0 Å². The average molecular weight is 327 g/mol. The lowest BCUT2D eigenvalue weighted by atomic mass is 10.1.